The molecule has 0 heterocycles. The van der Waals surface area contributed by atoms with E-state index in [9.17, 15) is 0 Å². The lowest BCUT2D eigenvalue weighted by Crippen LogP contribution is -2.45. The summed E-state index contributed by atoms with van der Waals surface area (Å²) >= 11 is 0. The standard InChI is InChI=1S/C15H23N/c1-12-3-5-14(6-4-12)11-15(16)9-7-13(2)8-10-15/h3-6,13H,7-11,16H2,1-2H3. The molecule has 1 nitrogen and oxygen atoms in total. The molecule has 0 amide bonds. The van der Waals surface area contributed by atoms with E-state index in [1.807, 2.05) is 0 Å². The van der Waals surface area contributed by atoms with Crippen LogP contribution < -0.4 is 5.73 Å². The van der Waals surface area contributed by atoms with E-state index in [1.54, 1.807) is 0 Å². The Morgan fingerprint density at radius 2 is 1.75 bits per heavy atom. The van der Waals surface area contributed by atoms with Gasteiger partial charge >= 0.3 is 0 Å². The summed E-state index contributed by atoms with van der Waals surface area (Å²) in [6.07, 6.45) is 5.99. The highest BCUT2D eigenvalue weighted by Crippen LogP contribution is 2.32. The fraction of sp³-hybridized carbons (Fsp3) is 0.600. The minimum atomic E-state index is 0.0573. The van der Waals surface area contributed by atoms with Gasteiger partial charge in [-0.1, -0.05) is 36.8 Å². The predicted octanol–water partition coefficient (Wildman–Crippen LogP) is 3.45. The molecule has 1 heteroatoms. The highest BCUT2D eigenvalue weighted by Gasteiger charge is 2.29. The van der Waals surface area contributed by atoms with E-state index in [0.717, 1.165) is 12.3 Å². The topological polar surface area (TPSA) is 26.0 Å². The van der Waals surface area contributed by atoms with Gasteiger partial charge < -0.3 is 5.73 Å². The van der Waals surface area contributed by atoms with E-state index in [2.05, 4.69) is 38.1 Å². The molecule has 1 aliphatic rings. The lowest BCUT2D eigenvalue weighted by molar-refractivity contribution is 0.243. The van der Waals surface area contributed by atoms with Gasteiger partial charge in [-0.25, -0.2) is 0 Å². The molecule has 0 aliphatic heterocycles. The highest BCUT2D eigenvalue weighted by molar-refractivity contribution is 5.23. The second-order valence-corrected chi connectivity index (χ2v) is 5.71. The molecule has 2 N–H and O–H groups in total. The molecule has 1 fully saturated rings. The Balaban J connectivity index is 2.00. The number of aryl methyl sites for hydroxylation is 1. The van der Waals surface area contributed by atoms with Crippen molar-refractivity contribution in [2.24, 2.45) is 11.7 Å². The van der Waals surface area contributed by atoms with E-state index in [-0.39, 0.29) is 5.54 Å². The van der Waals surface area contributed by atoms with Crippen LogP contribution in [-0.4, -0.2) is 5.54 Å². The zero-order chi connectivity index (χ0) is 11.6. The first-order valence-corrected chi connectivity index (χ1v) is 6.42. The molecular weight excluding hydrogens is 194 g/mol. The van der Waals surface area contributed by atoms with Gasteiger partial charge in [-0.3, -0.25) is 0 Å². The van der Waals surface area contributed by atoms with E-state index in [1.165, 1.54) is 36.8 Å². The van der Waals surface area contributed by atoms with Gasteiger partial charge in [-0.15, -0.1) is 0 Å². The van der Waals surface area contributed by atoms with Crippen molar-refractivity contribution in [3.63, 3.8) is 0 Å². The Bertz CT molecular complexity index is 331. The number of hydrogen-bond donors (Lipinski definition) is 1. The molecule has 0 bridgehead atoms. The van der Waals surface area contributed by atoms with E-state index in [0.29, 0.717) is 0 Å². The van der Waals surface area contributed by atoms with Crippen LogP contribution >= 0.6 is 0 Å². The third-order valence-electron chi connectivity index (χ3n) is 3.95. The lowest BCUT2D eigenvalue weighted by Gasteiger charge is -2.36. The second-order valence-electron chi connectivity index (χ2n) is 5.71. The Hall–Kier alpha value is -0.820. The number of hydrogen-bond acceptors (Lipinski definition) is 1. The second kappa shape index (κ2) is 4.58. The minimum absolute atomic E-state index is 0.0573. The van der Waals surface area contributed by atoms with Gasteiger partial charge in [0.2, 0.25) is 0 Å². The first-order valence-electron chi connectivity index (χ1n) is 6.42. The minimum Gasteiger partial charge on any atom is -0.325 e. The summed E-state index contributed by atoms with van der Waals surface area (Å²) in [5.41, 5.74) is 9.27. The normalized spacial score (nSPS) is 30.3. The van der Waals surface area contributed by atoms with Crippen molar-refractivity contribution in [1.82, 2.24) is 0 Å². The molecule has 1 aromatic carbocycles. The van der Waals surface area contributed by atoms with Gasteiger partial charge in [0.25, 0.3) is 0 Å². The molecule has 1 saturated carbocycles. The molecule has 0 unspecified atom stereocenters. The molecule has 0 aromatic heterocycles. The van der Waals surface area contributed by atoms with Crippen molar-refractivity contribution < 1.29 is 0 Å². The van der Waals surface area contributed by atoms with Crippen molar-refractivity contribution in [2.75, 3.05) is 0 Å². The summed E-state index contributed by atoms with van der Waals surface area (Å²) in [7, 11) is 0. The quantitative estimate of drug-likeness (QED) is 0.806. The largest absolute Gasteiger partial charge is 0.325 e. The Morgan fingerprint density at radius 3 is 2.31 bits per heavy atom. The maximum Gasteiger partial charge on any atom is 0.0195 e. The van der Waals surface area contributed by atoms with Gasteiger partial charge in [0.05, 0.1) is 0 Å². The van der Waals surface area contributed by atoms with Crippen molar-refractivity contribution in [2.45, 2.75) is 51.5 Å². The van der Waals surface area contributed by atoms with Crippen LogP contribution in [0, 0.1) is 12.8 Å². The van der Waals surface area contributed by atoms with Crippen LogP contribution in [0.3, 0.4) is 0 Å². The predicted molar refractivity (Wildman–Crippen MR) is 69.4 cm³/mol. The molecular formula is C15H23N. The molecule has 0 spiro atoms. The Kier molecular flexibility index (Phi) is 3.34. The molecule has 1 aliphatic carbocycles. The average Bonchev–Trinajstić information content (AvgIpc) is 2.27. The zero-order valence-corrected chi connectivity index (χ0v) is 10.5. The van der Waals surface area contributed by atoms with Crippen molar-refractivity contribution >= 4 is 0 Å². The number of rotatable bonds is 2. The number of nitrogens with two attached hydrogens (primary N) is 1. The lowest BCUT2D eigenvalue weighted by atomic mass is 9.75. The molecule has 1 aromatic rings. The summed E-state index contributed by atoms with van der Waals surface area (Å²) in [4.78, 5) is 0. The fourth-order valence-corrected chi connectivity index (χ4v) is 2.63. The van der Waals surface area contributed by atoms with E-state index < -0.39 is 0 Å². The summed E-state index contributed by atoms with van der Waals surface area (Å²) in [5, 5.41) is 0. The highest BCUT2D eigenvalue weighted by atomic mass is 14.7. The van der Waals surface area contributed by atoms with Gasteiger partial charge in [-0.05, 0) is 50.5 Å². The average molecular weight is 217 g/mol. The monoisotopic (exact) mass is 217 g/mol. The third-order valence-corrected chi connectivity index (χ3v) is 3.95. The van der Waals surface area contributed by atoms with Gasteiger partial charge in [-0.2, -0.15) is 0 Å². The molecule has 0 radical (unpaired) electrons. The van der Waals surface area contributed by atoms with Crippen LogP contribution in [0.1, 0.15) is 43.7 Å². The molecule has 88 valence electrons. The molecule has 16 heavy (non-hydrogen) atoms. The van der Waals surface area contributed by atoms with Crippen molar-refractivity contribution in [1.29, 1.82) is 0 Å². The summed E-state index contributed by atoms with van der Waals surface area (Å²) < 4.78 is 0. The van der Waals surface area contributed by atoms with Crippen LogP contribution in [-0.2, 0) is 6.42 Å². The van der Waals surface area contributed by atoms with E-state index in [4.69, 9.17) is 5.73 Å². The van der Waals surface area contributed by atoms with Gasteiger partial charge in [0.15, 0.2) is 0 Å². The van der Waals surface area contributed by atoms with Crippen molar-refractivity contribution in [3.05, 3.63) is 35.4 Å². The first kappa shape index (κ1) is 11.7. The SMILES string of the molecule is Cc1ccc(CC2(N)CCC(C)CC2)cc1. The molecule has 2 rings (SSSR count). The van der Waals surface area contributed by atoms with Gasteiger partial charge in [0, 0.05) is 5.54 Å². The van der Waals surface area contributed by atoms with Crippen LogP contribution in [0.2, 0.25) is 0 Å². The summed E-state index contributed by atoms with van der Waals surface area (Å²) in [6.45, 7) is 4.47. The smallest absolute Gasteiger partial charge is 0.0195 e. The van der Waals surface area contributed by atoms with Crippen LogP contribution in [0.5, 0.6) is 0 Å². The summed E-state index contributed by atoms with van der Waals surface area (Å²) in [5.74, 6) is 0.870. The zero-order valence-electron chi connectivity index (χ0n) is 10.5. The Labute approximate surface area is 99.0 Å². The summed E-state index contributed by atoms with van der Waals surface area (Å²) in [6, 6.07) is 8.82. The fourth-order valence-electron chi connectivity index (χ4n) is 2.63. The Morgan fingerprint density at radius 1 is 1.19 bits per heavy atom. The van der Waals surface area contributed by atoms with Crippen LogP contribution in [0.25, 0.3) is 0 Å². The maximum atomic E-state index is 6.49. The van der Waals surface area contributed by atoms with Crippen LogP contribution in [0.15, 0.2) is 24.3 Å². The van der Waals surface area contributed by atoms with E-state index >= 15 is 0 Å². The number of benzene rings is 1. The molecule has 0 atom stereocenters. The third kappa shape index (κ3) is 2.85. The van der Waals surface area contributed by atoms with Crippen LogP contribution in [0.4, 0.5) is 0 Å². The van der Waals surface area contributed by atoms with Crippen molar-refractivity contribution in [3.8, 4) is 0 Å². The van der Waals surface area contributed by atoms with Gasteiger partial charge in [0.1, 0.15) is 0 Å². The maximum absolute atomic E-state index is 6.49. The molecule has 0 saturated heterocycles. The first-order chi connectivity index (χ1) is 7.57.